The zero-order valence-corrected chi connectivity index (χ0v) is 11.3. The first-order valence-electron chi connectivity index (χ1n) is 6.69. The van der Waals surface area contributed by atoms with Crippen LogP contribution in [0.1, 0.15) is 0 Å². The second-order valence-corrected chi connectivity index (χ2v) is 5.00. The van der Waals surface area contributed by atoms with Crippen LogP contribution in [0.3, 0.4) is 0 Å². The molecule has 0 saturated carbocycles. The van der Waals surface area contributed by atoms with Crippen molar-refractivity contribution in [3.63, 3.8) is 0 Å². The Morgan fingerprint density at radius 1 is 1.00 bits per heavy atom. The highest BCUT2D eigenvalue weighted by atomic mass is 16.6. The molecule has 6 nitrogen and oxygen atoms in total. The van der Waals surface area contributed by atoms with Crippen molar-refractivity contribution in [1.29, 1.82) is 0 Å². The molecular weight excluding hydrogens is 282 g/mol. The van der Waals surface area contributed by atoms with E-state index in [1.165, 1.54) is 15.0 Å². The van der Waals surface area contributed by atoms with Gasteiger partial charge in [-0.15, -0.1) is 0 Å². The molecule has 0 amide bonds. The van der Waals surface area contributed by atoms with Crippen LogP contribution in [0.15, 0.2) is 65.7 Å². The fourth-order valence-electron chi connectivity index (χ4n) is 2.79. The van der Waals surface area contributed by atoms with E-state index in [0.29, 0.717) is 0 Å². The molecule has 0 N–H and O–H groups in total. The van der Waals surface area contributed by atoms with E-state index in [1.54, 1.807) is 30.6 Å². The van der Waals surface area contributed by atoms with Crippen molar-refractivity contribution in [2.75, 3.05) is 0 Å². The largest absolute Gasteiger partial charge is 0.508 e. The Balaban J connectivity index is 2.15. The van der Waals surface area contributed by atoms with E-state index in [0.717, 1.165) is 16.3 Å². The van der Waals surface area contributed by atoms with Crippen LogP contribution in [0.25, 0.3) is 22.0 Å². The average Bonchev–Trinajstić information content (AvgIpc) is 2.96. The number of hydrogen-bond donors (Lipinski definition) is 0. The van der Waals surface area contributed by atoms with Crippen LogP contribution in [-0.4, -0.2) is 9.32 Å². The fourth-order valence-corrected chi connectivity index (χ4v) is 2.79. The summed E-state index contributed by atoms with van der Waals surface area (Å²) >= 11 is 0. The minimum atomic E-state index is -0.484. The Morgan fingerprint density at radius 2 is 1.77 bits per heavy atom. The summed E-state index contributed by atoms with van der Waals surface area (Å²) in [5.41, 5.74) is 0.647. The SMILES string of the molecule is O=c1n2ccc3cccc(c[n+]1-c1ccccc1[N+](=O)[O-])c32. The number of para-hydroxylation sites is 3. The van der Waals surface area contributed by atoms with Crippen LogP contribution in [0.5, 0.6) is 0 Å². The summed E-state index contributed by atoms with van der Waals surface area (Å²) in [6.07, 6.45) is 3.33. The molecule has 0 unspecified atom stereocenters. The van der Waals surface area contributed by atoms with E-state index in [4.69, 9.17) is 0 Å². The Labute approximate surface area is 124 Å². The third kappa shape index (κ3) is 1.61. The molecule has 0 bridgehead atoms. The molecule has 4 aromatic rings. The molecule has 0 fully saturated rings. The molecule has 0 saturated heterocycles. The van der Waals surface area contributed by atoms with Gasteiger partial charge in [0.25, 0.3) is 0 Å². The van der Waals surface area contributed by atoms with Crippen LogP contribution in [0.4, 0.5) is 5.69 Å². The van der Waals surface area contributed by atoms with Gasteiger partial charge in [-0.2, -0.15) is 13.8 Å². The summed E-state index contributed by atoms with van der Waals surface area (Å²) < 4.78 is 2.83. The first-order valence-corrected chi connectivity index (χ1v) is 6.69. The molecule has 0 aliphatic rings. The van der Waals surface area contributed by atoms with E-state index < -0.39 is 4.92 Å². The number of aromatic nitrogens is 2. The van der Waals surface area contributed by atoms with Gasteiger partial charge < -0.3 is 0 Å². The number of nitrogens with zero attached hydrogens (tertiary/aromatic N) is 3. The number of hydrogen-bond acceptors (Lipinski definition) is 3. The summed E-state index contributed by atoms with van der Waals surface area (Å²) in [5.74, 6) is 0. The first kappa shape index (κ1) is 12.5. The lowest BCUT2D eigenvalue weighted by molar-refractivity contribution is -0.618. The van der Waals surface area contributed by atoms with Gasteiger partial charge in [-0.3, -0.25) is 10.1 Å². The minimum absolute atomic E-state index is 0.102. The lowest BCUT2D eigenvalue weighted by atomic mass is 10.2. The Bertz CT molecular complexity index is 1080. The summed E-state index contributed by atoms with van der Waals surface area (Å²) in [7, 11) is 0. The lowest BCUT2D eigenvalue weighted by Crippen LogP contribution is -2.50. The molecular formula is C16H10N3O3+. The number of nitro benzene ring substituents is 1. The van der Waals surface area contributed by atoms with Crippen molar-refractivity contribution in [3.8, 4) is 5.69 Å². The summed E-state index contributed by atoms with van der Waals surface area (Å²) in [5, 5.41) is 13.0. The van der Waals surface area contributed by atoms with Gasteiger partial charge in [0.15, 0.2) is 5.52 Å². The Morgan fingerprint density at radius 3 is 2.59 bits per heavy atom. The molecule has 6 heteroatoms. The molecule has 0 aliphatic carbocycles. The van der Waals surface area contributed by atoms with Gasteiger partial charge in [-0.25, -0.2) is 0 Å². The molecule has 0 atom stereocenters. The zero-order valence-electron chi connectivity index (χ0n) is 11.3. The maximum atomic E-state index is 12.7. The van der Waals surface area contributed by atoms with Gasteiger partial charge in [-0.05, 0) is 18.2 Å². The maximum absolute atomic E-state index is 12.7. The van der Waals surface area contributed by atoms with Crippen LogP contribution in [0.2, 0.25) is 0 Å². The van der Waals surface area contributed by atoms with Crippen molar-refractivity contribution < 1.29 is 9.49 Å². The molecule has 2 aromatic carbocycles. The molecule has 4 rings (SSSR count). The molecule has 106 valence electrons. The van der Waals surface area contributed by atoms with Gasteiger partial charge >= 0.3 is 11.4 Å². The fraction of sp³-hybridized carbons (Fsp3) is 0. The van der Waals surface area contributed by atoms with E-state index in [-0.39, 0.29) is 17.1 Å². The van der Waals surface area contributed by atoms with Gasteiger partial charge in [0.05, 0.1) is 10.3 Å². The lowest BCUT2D eigenvalue weighted by Gasteiger charge is -2.02. The average molecular weight is 292 g/mol. The van der Waals surface area contributed by atoms with Crippen molar-refractivity contribution in [3.05, 3.63) is 81.5 Å². The maximum Gasteiger partial charge on any atom is 0.508 e. The van der Waals surface area contributed by atoms with Gasteiger partial charge in [0.1, 0.15) is 12.4 Å². The Hall–Kier alpha value is -3.28. The molecule has 0 aliphatic heterocycles. The predicted molar refractivity (Wildman–Crippen MR) is 80.5 cm³/mol. The summed E-state index contributed by atoms with van der Waals surface area (Å²) in [6.45, 7) is 0. The summed E-state index contributed by atoms with van der Waals surface area (Å²) in [4.78, 5) is 23.4. The highest BCUT2D eigenvalue weighted by molar-refractivity contribution is 5.95. The third-order valence-electron chi connectivity index (χ3n) is 3.76. The van der Waals surface area contributed by atoms with Crippen LogP contribution < -0.4 is 10.3 Å². The van der Waals surface area contributed by atoms with Crippen molar-refractivity contribution in [2.45, 2.75) is 0 Å². The highest BCUT2D eigenvalue weighted by Gasteiger charge is 2.24. The van der Waals surface area contributed by atoms with Gasteiger partial charge in [0, 0.05) is 11.5 Å². The highest BCUT2D eigenvalue weighted by Crippen LogP contribution is 2.21. The topological polar surface area (TPSA) is 68.5 Å². The minimum Gasteiger partial charge on any atom is -0.258 e. The monoisotopic (exact) mass is 292 g/mol. The van der Waals surface area contributed by atoms with Crippen molar-refractivity contribution in [1.82, 2.24) is 4.40 Å². The predicted octanol–water partition coefficient (Wildman–Crippen LogP) is 2.08. The van der Waals surface area contributed by atoms with E-state index in [2.05, 4.69) is 0 Å². The van der Waals surface area contributed by atoms with E-state index in [9.17, 15) is 14.9 Å². The van der Waals surface area contributed by atoms with Crippen LogP contribution in [-0.2, 0) is 0 Å². The van der Waals surface area contributed by atoms with Crippen LogP contribution >= 0.6 is 0 Å². The second-order valence-electron chi connectivity index (χ2n) is 5.00. The van der Waals surface area contributed by atoms with Crippen LogP contribution in [0, 0.1) is 10.1 Å². The molecule has 2 heterocycles. The van der Waals surface area contributed by atoms with Crippen molar-refractivity contribution in [2.24, 2.45) is 0 Å². The molecule has 0 spiro atoms. The first-order chi connectivity index (χ1) is 10.7. The third-order valence-corrected chi connectivity index (χ3v) is 3.76. The number of benzene rings is 2. The summed E-state index contributed by atoms with van der Waals surface area (Å²) in [6, 6.07) is 13.8. The molecule has 2 aromatic heterocycles. The quantitative estimate of drug-likeness (QED) is 0.323. The van der Waals surface area contributed by atoms with Gasteiger partial charge in [-0.1, -0.05) is 24.3 Å². The van der Waals surface area contributed by atoms with Crippen molar-refractivity contribution >= 4 is 22.0 Å². The molecule has 22 heavy (non-hydrogen) atoms. The van der Waals surface area contributed by atoms with E-state index >= 15 is 0 Å². The van der Waals surface area contributed by atoms with Gasteiger partial charge in [0.2, 0.25) is 5.69 Å². The number of rotatable bonds is 2. The standard InChI is InChI=1S/C16H10N3O3/c20-16-17-9-8-11-4-3-5-12(15(11)17)10-18(16)13-6-1-2-7-14(13)19(21)22/h1-10H/q+1. The normalized spacial score (nSPS) is 11.3. The number of nitro groups is 1. The Kier molecular flexibility index (Phi) is 2.47. The van der Waals surface area contributed by atoms with E-state index in [1.807, 2.05) is 24.3 Å². The smallest absolute Gasteiger partial charge is 0.258 e. The zero-order chi connectivity index (χ0) is 15.3. The molecule has 0 radical (unpaired) electrons. The second kappa shape index (κ2) is 4.36.